The maximum atomic E-state index is 12.0. The van der Waals surface area contributed by atoms with Crippen LogP contribution in [0.2, 0.25) is 0 Å². The van der Waals surface area contributed by atoms with E-state index in [1.54, 1.807) is 4.31 Å². The van der Waals surface area contributed by atoms with Crippen molar-refractivity contribution in [1.29, 1.82) is 0 Å². The van der Waals surface area contributed by atoms with Gasteiger partial charge in [0.1, 0.15) is 0 Å². The zero-order valence-electron chi connectivity index (χ0n) is 11.4. The maximum absolute atomic E-state index is 12.0. The molecule has 0 spiro atoms. The average molecular weight is 277 g/mol. The number of hydrogen-bond donors (Lipinski definition) is 2. The molecule has 1 saturated heterocycles. The zero-order valence-corrected chi connectivity index (χ0v) is 12.2. The summed E-state index contributed by atoms with van der Waals surface area (Å²) in [6.07, 6.45) is 6.12. The van der Waals surface area contributed by atoms with E-state index in [1.807, 2.05) is 0 Å². The number of unbranched alkanes of at least 4 members (excludes halogenated alkanes) is 3. The van der Waals surface area contributed by atoms with E-state index in [2.05, 4.69) is 11.6 Å². The molecule has 0 bridgehead atoms. The number of nitrogens with two attached hydrogens (primary N) is 1. The van der Waals surface area contributed by atoms with Gasteiger partial charge in [0.25, 0.3) is 10.2 Å². The van der Waals surface area contributed by atoms with Gasteiger partial charge < -0.3 is 5.73 Å². The summed E-state index contributed by atoms with van der Waals surface area (Å²) in [5, 5.41) is 0. The van der Waals surface area contributed by atoms with E-state index in [-0.39, 0.29) is 0 Å². The molecule has 108 valence electrons. The topological polar surface area (TPSA) is 75.4 Å². The van der Waals surface area contributed by atoms with Crippen LogP contribution in [-0.4, -0.2) is 38.9 Å². The number of nitrogens with zero attached hydrogens (tertiary/aromatic N) is 1. The van der Waals surface area contributed by atoms with Gasteiger partial charge in [-0.25, -0.2) is 4.72 Å². The van der Waals surface area contributed by atoms with Crippen molar-refractivity contribution in [2.75, 3.05) is 26.2 Å². The molecule has 0 atom stereocenters. The molecule has 3 N–H and O–H groups in total. The molecule has 0 saturated carbocycles. The van der Waals surface area contributed by atoms with Gasteiger partial charge in [0.15, 0.2) is 0 Å². The molecule has 0 aliphatic carbocycles. The summed E-state index contributed by atoms with van der Waals surface area (Å²) in [5.41, 5.74) is 5.60. The van der Waals surface area contributed by atoms with Crippen molar-refractivity contribution in [3.05, 3.63) is 0 Å². The molecule has 1 fully saturated rings. The van der Waals surface area contributed by atoms with E-state index >= 15 is 0 Å². The third kappa shape index (κ3) is 5.22. The lowest BCUT2D eigenvalue weighted by Gasteiger charge is -2.30. The summed E-state index contributed by atoms with van der Waals surface area (Å²) in [7, 11) is -3.26. The van der Waals surface area contributed by atoms with Crippen molar-refractivity contribution >= 4 is 10.2 Å². The predicted molar refractivity (Wildman–Crippen MR) is 74.4 cm³/mol. The molecular formula is C12H27N3O2S. The minimum Gasteiger partial charge on any atom is -0.330 e. The van der Waals surface area contributed by atoms with Crippen LogP contribution in [-0.2, 0) is 10.2 Å². The van der Waals surface area contributed by atoms with E-state index in [4.69, 9.17) is 5.73 Å². The van der Waals surface area contributed by atoms with E-state index in [0.717, 1.165) is 25.7 Å². The Kier molecular flexibility index (Phi) is 7.14. The molecule has 0 unspecified atom stereocenters. The van der Waals surface area contributed by atoms with Gasteiger partial charge in [-0.1, -0.05) is 26.2 Å². The van der Waals surface area contributed by atoms with Gasteiger partial charge in [-0.2, -0.15) is 12.7 Å². The summed E-state index contributed by atoms with van der Waals surface area (Å²) >= 11 is 0. The Hall–Kier alpha value is -0.170. The molecule has 5 nitrogen and oxygen atoms in total. The van der Waals surface area contributed by atoms with E-state index in [0.29, 0.717) is 32.1 Å². The molecule has 1 aliphatic heterocycles. The third-order valence-corrected chi connectivity index (χ3v) is 5.18. The average Bonchev–Trinajstić information content (AvgIpc) is 2.38. The molecule has 1 heterocycles. The monoisotopic (exact) mass is 277 g/mol. The van der Waals surface area contributed by atoms with Crippen LogP contribution in [0.4, 0.5) is 0 Å². The SMILES string of the molecule is CCCCCCNS(=O)(=O)N1CCC(CN)CC1. The number of rotatable bonds is 8. The van der Waals surface area contributed by atoms with Crippen LogP contribution in [0.15, 0.2) is 0 Å². The van der Waals surface area contributed by atoms with Crippen LogP contribution in [0.1, 0.15) is 45.4 Å². The first kappa shape index (κ1) is 15.9. The first-order valence-electron chi connectivity index (χ1n) is 7.05. The van der Waals surface area contributed by atoms with Crippen molar-refractivity contribution in [3.8, 4) is 0 Å². The van der Waals surface area contributed by atoms with E-state index in [9.17, 15) is 8.42 Å². The number of hydrogen-bond acceptors (Lipinski definition) is 3. The number of nitrogens with one attached hydrogen (secondary N) is 1. The fourth-order valence-corrected chi connectivity index (χ4v) is 3.51. The van der Waals surface area contributed by atoms with Crippen LogP contribution < -0.4 is 10.5 Å². The minimum absolute atomic E-state index is 0.487. The largest absolute Gasteiger partial charge is 0.330 e. The van der Waals surface area contributed by atoms with Crippen molar-refractivity contribution in [1.82, 2.24) is 9.03 Å². The van der Waals surface area contributed by atoms with E-state index in [1.165, 1.54) is 12.8 Å². The van der Waals surface area contributed by atoms with Gasteiger partial charge in [-0.3, -0.25) is 0 Å². The second-order valence-corrected chi connectivity index (χ2v) is 6.79. The molecule has 0 radical (unpaired) electrons. The third-order valence-electron chi connectivity index (χ3n) is 3.56. The molecule has 0 aromatic heterocycles. The Labute approximate surface area is 111 Å². The highest BCUT2D eigenvalue weighted by molar-refractivity contribution is 7.87. The van der Waals surface area contributed by atoms with Crippen LogP contribution in [0.5, 0.6) is 0 Å². The summed E-state index contributed by atoms with van der Waals surface area (Å²) in [6, 6.07) is 0. The van der Waals surface area contributed by atoms with Crippen LogP contribution in [0.3, 0.4) is 0 Å². The summed E-state index contributed by atoms with van der Waals surface area (Å²) in [6.45, 7) is 4.57. The second-order valence-electron chi connectivity index (χ2n) is 5.04. The molecule has 6 heteroatoms. The van der Waals surface area contributed by atoms with Crippen molar-refractivity contribution in [2.24, 2.45) is 11.7 Å². The lowest BCUT2D eigenvalue weighted by Crippen LogP contribution is -2.46. The smallest absolute Gasteiger partial charge is 0.279 e. The first-order valence-corrected chi connectivity index (χ1v) is 8.49. The normalized spacial score (nSPS) is 19.2. The standard InChI is InChI=1S/C12H27N3O2S/c1-2-3-4-5-8-14-18(16,17)15-9-6-12(11-13)7-10-15/h12,14H,2-11,13H2,1H3. The van der Waals surface area contributed by atoms with Gasteiger partial charge >= 0.3 is 0 Å². The Bertz CT molecular complexity index is 311. The van der Waals surface area contributed by atoms with Crippen LogP contribution in [0, 0.1) is 5.92 Å². The van der Waals surface area contributed by atoms with Gasteiger partial charge in [0.05, 0.1) is 0 Å². The summed E-state index contributed by atoms with van der Waals surface area (Å²) in [4.78, 5) is 0. The Morgan fingerprint density at radius 2 is 1.89 bits per heavy atom. The van der Waals surface area contributed by atoms with Gasteiger partial charge in [-0.15, -0.1) is 0 Å². The molecule has 0 aromatic carbocycles. The lowest BCUT2D eigenvalue weighted by atomic mass is 9.99. The molecule has 0 aromatic rings. The Balaban J connectivity index is 2.26. The van der Waals surface area contributed by atoms with E-state index < -0.39 is 10.2 Å². The molecule has 1 rings (SSSR count). The van der Waals surface area contributed by atoms with Gasteiger partial charge in [0, 0.05) is 19.6 Å². The highest BCUT2D eigenvalue weighted by atomic mass is 32.2. The van der Waals surface area contributed by atoms with Crippen LogP contribution in [0.25, 0.3) is 0 Å². The van der Waals surface area contributed by atoms with Crippen LogP contribution >= 0.6 is 0 Å². The zero-order chi connectivity index (χ0) is 13.4. The first-order chi connectivity index (χ1) is 8.60. The second kappa shape index (κ2) is 8.09. The van der Waals surface area contributed by atoms with Gasteiger partial charge in [0.2, 0.25) is 0 Å². The highest BCUT2D eigenvalue weighted by Gasteiger charge is 2.26. The molecule has 0 amide bonds. The van der Waals surface area contributed by atoms with Gasteiger partial charge in [-0.05, 0) is 31.7 Å². The number of piperidine rings is 1. The highest BCUT2D eigenvalue weighted by Crippen LogP contribution is 2.17. The summed E-state index contributed by atoms with van der Waals surface area (Å²) in [5.74, 6) is 0.487. The van der Waals surface area contributed by atoms with Crippen molar-refractivity contribution in [2.45, 2.75) is 45.4 Å². The molecular weight excluding hydrogens is 250 g/mol. The lowest BCUT2D eigenvalue weighted by molar-refractivity contribution is 0.276. The summed E-state index contributed by atoms with van der Waals surface area (Å²) < 4.78 is 28.2. The van der Waals surface area contributed by atoms with Crippen molar-refractivity contribution < 1.29 is 8.42 Å². The predicted octanol–water partition coefficient (Wildman–Crippen LogP) is 1.07. The maximum Gasteiger partial charge on any atom is 0.279 e. The minimum atomic E-state index is -3.26. The fourth-order valence-electron chi connectivity index (χ4n) is 2.23. The Morgan fingerprint density at radius 1 is 1.22 bits per heavy atom. The quantitative estimate of drug-likeness (QED) is 0.652. The fraction of sp³-hybridized carbons (Fsp3) is 1.00. The molecule has 18 heavy (non-hydrogen) atoms. The Morgan fingerprint density at radius 3 is 2.44 bits per heavy atom. The molecule has 1 aliphatic rings. The van der Waals surface area contributed by atoms with Crippen molar-refractivity contribution in [3.63, 3.8) is 0 Å².